The molecule has 4 heteroatoms. The normalized spacial score (nSPS) is 13.4. The molecule has 15 heavy (non-hydrogen) atoms. The molecule has 0 saturated heterocycles. The van der Waals surface area contributed by atoms with Gasteiger partial charge >= 0.3 is 0 Å². The average Bonchev–Trinajstić information content (AvgIpc) is 2.63. The smallest absolute Gasteiger partial charge is 0.229 e. The van der Waals surface area contributed by atoms with Gasteiger partial charge in [0.1, 0.15) is 0 Å². The van der Waals surface area contributed by atoms with Crippen LogP contribution in [0.2, 0.25) is 0 Å². The summed E-state index contributed by atoms with van der Waals surface area (Å²) in [6, 6.07) is 0. The molecule has 1 unspecified atom stereocenters. The van der Waals surface area contributed by atoms with Crippen molar-refractivity contribution in [2.75, 3.05) is 6.54 Å². The minimum Gasteiger partial charge on any atom is -0.339 e. The maximum Gasteiger partial charge on any atom is 0.229 e. The number of aromatic nitrogens is 2. The SMILES string of the molecule is CC(C)CCc1noc(C(C)CCN)n1. The monoisotopic (exact) mass is 211 g/mol. The van der Waals surface area contributed by atoms with Crippen molar-refractivity contribution >= 4 is 0 Å². The Hall–Kier alpha value is -0.900. The predicted molar refractivity (Wildman–Crippen MR) is 59.5 cm³/mol. The summed E-state index contributed by atoms with van der Waals surface area (Å²) in [5.74, 6) is 2.49. The van der Waals surface area contributed by atoms with Crippen molar-refractivity contribution < 1.29 is 4.52 Å². The zero-order valence-corrected chi connectivity index (χ0v) is 9.86. The maximum atomic E-state index is 5.48. The van der Waals surface area contributed by atoms with Crippen LogP contribution in [0, 0.1) is 5.92 Å². The topological polar surface area (TPSA) is 64.9 Å². The molecule has 1 heterocycles. The van der Waals surface area contributed by atoms with Crippen LogP contribution in [0.1, 0.15) is 51.2 Å². The lowest BCUT2D eigenvalue weighted by Crippen LogP contribution is -2.05. The number of nitrogens with zero attached hydrogens (tertiary/aromatic N) is 2. The summed E-state index contributed by atoms with van der Waals surface area (Å²) in [7, 11) is 0. The van der Waals surface area contributed by atoms with Gasteiger partial charge in [-0.15, -0.1) is 0 Å². The Morgan fingerprint density at radius 1 is 1.27 bits per heavy atom. The molecule has 0 fully saturated rings. The van der Waals surface area contributed by atoms with Crippen LogP contribution in [0.5, 0.6) is 0 Å². The van der Waals surface area contributed by atoms with Crippen LogP contribution in [0.4, 0.5) is 0 Å². The van der Waals surface area contributed by atoms with Crippen molar-refractivity contribution in [3.63, 3.8) is 0 Å². The summed E-state index contributed by atoms with van der Waals surface area (Å²) in [4.78, 5) is 4.37. The first kappa shape index (κ1) is 12.2. The van der Waals surface area contributed by atoms with E-state index in [2.05, 4.69) is 30.9 Å². The number of hydrogen-bond acceptors (Lipinski definition) is 4. The van der Waals surface area contributed by atoms with Gasteiger partial charge in [0.15, 0.2) is 5.82 Å². The van der Waals surface area contributed by atoms with E-state index in [0.29, 0.717) is 12.5 Å². The number of hydrogen-bond donors (Lipinski definition) is 1. The third-order valence-corrected chi connectivity index (χ3v) is 2.45. The molecule has 1 aromatic rings. The Kier molecular flexibility index (Phi) is 4.75. The van der Waals surface area contributed by atoms with Gasteiger partial charge in [-0.05, 0) is 25.3 Å². The standard InChI is InChI=1S/C11H21N3O/c1-8(2)4-5-10-13-11(15-14-10)9(3)6-7-12/h8-9H,4-7,12H2,1-3H3. The minimum absolute atomic E-state index is 0.273. The van der Waals surface area contributed by atoms with Crippen LogP contribution >= 0.6 is 0 Å². The highest BCUT2D eigenvalue weighted by Crippen LogP contribution is 2.16. The van der Waals surface area contributed by atoms with Gasteiger partial charge in [-0.2, -0.15) is 4.98 Å². The molecule has 0 spiro atoms. The molecule has 0 aromatic carbocycles. The van der Waals surface area contributed by atoms with E-state index in [0.717, 1.165) is 31.0 Å². The van der Waals surface area contributed by atoms with Gasteiger partial charge in [-0.3, -0.25) is 0 Å². The van der Waals surface area contributed by atoms with E-state index >= 15 is 0 Å². The van der Waals surface area contributed by atoms with Gasteiger partial charge in [0.05, 0.1) is 0 Å². The van der Waals surface area contributed by atoms with Crippen molar-refractivity contribution in [2.24, 2.45) is 11.7 Å². The second-order valence-electron chi connectivity index (χ2n) is 4.46. The number of aryl methyl sites for hydroxylation is 1. The summed E-state index contributed by atoms with van der Waals surface area (Å²) in [5.41, 5.74) is 5.48. The fraction of sp³-hybridized carbons (Fsp3) is 0.818. The molecule has 0 saturated carbocycles. The lowest BCUT2D eigenvalue weighted by atomic mass is 10.1. The van der Waals surface area contributed by atoms with Crippen LogP contribution in [0.25, 0.3) is 0 Å². The average molecular weight is 211 g/mol. The van der Waals surface area contributed by atoms with E-state index in [-0.39, 0.29) is 5.92 Å². The van der Waals surface area contributed by atoms with E-state index in [4.69, 9.17) is 10.3 Å². The predicted octanol–water partition coefficient (Wildman–Crippen LogP) is 2.11. The molecule has 1 rings (SSSR count). The van der Waals surface area contributed by atoms with Gasteiger partial charge in [-0.25, -0.2) is 0 Å². The first-order valence-corrected chi connectivity index (χ1v) is 5.66. The molecule has 0 aliphatic rings. The van der Waals surface area contributed by atoms with Crippen molar-refractivity contribution in [3.8, 4) is 0 Å². The molecular formula is C11H21N3O. The molecule has 1 atom stereocenters. The molecule has 0 aliphatic heterocycles. The second-order valence-corrected chi connectivity index (χ2v) is 4.46. The van der Waals surface area contributed by atoms with Gasteiger partial charge in [-0.1, -0.05) is 25.9 Å². The van der Waals surface area contributed by atoms with Gasteiger partial charge in [0.2, 0.25) is 5.89 Å². The van der Waals surface area contributed by atoms with Crippen molar-refractivity contribution in [3.05, 3.63) is 11.7 Å². The summed E-state index contributed by atoms with van der Waals surface area (Å²) >= 11 is 0. The van der Waals surface area contributed by atoms with E-state index < -0.39 is 0 Å². The van der Waals surface area contributed by atoms with Crippen molar-refractivity contribution in [2.45, 2.75) is 46.0 Å². The molecule has 0 aliphatic carbocycles. The fourth-order valence-corrected chi connectivity index (χ4v) is 1.36. The Morgan fingerprint density at radius 2 is 2.00 bits per heavy atom. The Labute approximate surface area is 91.2 Å². The largest absolute Gasteiger partial charge is 0.339 e. The minimum atomic E-state index is 0.273. The first-order chi connectivity index (χ1) is 7.13. The molecule has 0 bridgehead atoms. The Bertz CT molecular complexity index is 283. The summed E-state index contributed by atoms with van der Waals surface area (Å²) < 4.78 is 5.19. The molecule has 2 N–H and O–H groups in total. The van der Waals surface area contributed by atoms with Gasteiger partial charge in [0.25, 0.3) is 0 Å². The van der Waals surface area contributed by atoms with Gasteiger partial charge in [0, 0.05) is 12.3 Å². The Balaban J connectivity index is 2.48. The fourth-order valence-electron chi connectivity index (χ4n) is 1.36. The van der Waals surface area contributed by atoms with Crippen molar-refractivity contribution in [1.29, 1.82) is 0 Å². The number of nitrogens with two attached hydrogens (primary N) is 1. The highest BCUT2D eigenvalue weighted by atomic mass is 16.5. The quantitative estimate of drug-likeness (QED) is 0.782. The van der Waals surface area contributed by atoms with Crippen LogP contribution < -0.4 is 5.73 Å². The van der Waals surface area contributed by atoms with Gasteiger partial charge < -0.3 is 10.3 Å². The van der Waals surface area contributed by atoms with E-state index in [1.165, 1.54) is 0 Å². The highest BCUT2D eigenvalue weighted by molar-refractivity contribution is 4.92. The number of rotatable bonds is 6. The Morgan fingerprint density at radius 3 is 2.60 bits per heavy atom. The summed E-state index contributed by atoms with van der Waals surface area (Å²) in [6.45, 7) is 7.10. The third-order valence-electron chi connectivity index (χ3n) is 2.45. The van der Waals surface area contributed by atoms with E-state index in [9.17, 15) is 0 Å². The van der Waals surface area contributed by atoms with E-state index in [1.807, 2.05) is 0 Å². The zero-order chi connectivity index (χ0) is 11.3. The molecule has 4 nitrogen and oxygen atoms in total. The second kappa shape index (κ2) is 5.85. The lowest BCUT2D eigenvalue weighted by Gasteiger charge is -2.02. The highest BCUT2D eigenvalue weighted by Gasteiger charge is 2.13. The summed E-state index contributed by atoms with van der Waals surface area (Å²) in [6.07, 6.45) is 2.90. The van der Waals surface area contributed by atoms with Crippen LogP contribution in [0.15, 0.2) is 4.52 Å². The molecule has 0 amide bonds. The first-order valence-electron chi connectivity index (χ1n) is 5.66. The van der Waals surface area contributed by atoms with E-state index in [1.54, 1.807) is 0 Å². The maximum absolute atomic E-state index is 5.48. The molecule has 0 radical (unpaired) electrons. The van der Waals surface area contributed by atoms with Crippen LogP contribution in [0.3, 0.4) is 0 Å². The molecule has 86 valence electrons. The third kappa shape index (κ3) is 4.00. The van der Waals surface area contributed by atoms with Crippen LogP contribution in [-0.4, -0.2) is 16.7 Å². The molecular weight excluding hydrogens is 190 g/mol. The molecule has 1 aromatic heterocycles. The van der Waals surface area contributed by atoms with Crippen molar-refractivity contribution in [1.82, 2.24) is 10.1 Å². The zero-order valence-electron chi connectivity index (χ0n) is 9.86. The summed E-state index contributed by atoms with van der Waals surface area (Å²) in [5, 5.41) is 3.96. The van der Waals surface area contributed by atoms with Crippen LogP contribution in [-0.2, 0) is 6.42 Å². The lowest BCUT2D eigenvalue weighted by molar-refractivity contribution is 0.350.